The van der Waals surface area contributed by atoms with Gasteiger partial charge >= 0.3 is 0 Å². The van der Waals surface area contributed by atoms with Crippen LogP contribution >= 0.6 is 0 Å². The van der Waals surface area contributed by atoms with E-state index in [1.807, 2.05) is 0 Å². The van der Waals surface area contributed by atoms with Gasteiger partial charge in [0.1, 0.15) is 0 Å². The number of benzene rings is 7. The van der Waals surface area contributed by atoms with Crippen molar-refractivity contribution < 1.29 is 0 Å². The van der Waals surface area contributed by atoms with E-state index in [0.717, 1.165) is 17.1 Å². The molecule has 7 aromatic rings. The molecule has 0 heterocycles. The highest BCUT2D eigenvalue weighted by Crippen LogP contribution is 2.54. The molecular formula is C44H37N. The van der Waals surface area contributed by atoms with Gasteiger partial charge < -0.3 is 4.90 Å². The van der Waals surface area contributed by atoms with E-state index in [-0.39, 0.29) is 10.8 Å². The van der Waals surface area contributed by atoms with Crippen LogP contribution < -0.4 is 4.90 Å². The van der Waals surface area contributed by atoms with E-state index in [4.69, 9.17) is 0 Å². The molecule has 0 radical (unpaired) electrons. The summed E-state index contributed by atoms with van der Waals surface area (Å²) in [5.74, 6) is 0. The Hall–Kier alpha value is -5.14. The van der Waals surface area contributed by atoms with Gasteiger partial charge in [-0.15, -0.1) is 0 Å². The summed E-state index contributed by atoms with van der Waals surface area (Å²) >= 11 is 0. The minimum absolute atomic E-state index is 0.00964. The van der Waals surface area contributed by atoms with Crippen molar-refractivity contribution >= 4 is 38.6 Å². The fraction of sp³-hybridized carbons (Fsp3) is 0.136. The summed E-state index contributed by atoms with van der Waals surface area (Å²) in [4.78, 5) is 2.36. The van der Waals surface area contributed by atoms with Crippen molar-refractivity contribution in [2.45, 2.75) is 38.5 Å². The maximum absolute atomic E-state index is 2.42. The number of hydrogen-bond acceptors (Lipinski definition) is 1. The smallest absolute Gasteiger partial charge is 0.0467 e. The summed E-state index contributed by atoms with van der Waals surface area (Å²) in [6.45, 7) is 9.65. The van der Waals surface area contributed by atoms with Crippen molar-refractivity contribution in [1.82, 2.24) is 0 Å². The fourth-order valence-corrected chi connectivity index (χ4v) is 7.47. The number of hydrogen-bond donors (Lipinski definition) is 0. The van der Waals surface area contributed by atoms with E-state index in [2.05, 4.69) is 184 Å². The monoisotopic (exact) mass is 579 g/mol. The van der Waals surface area contributed by atoms with Gasteiger partial charge in [-0.1, -0.05) is 137 Å². The first-order chi connectivity index (χ1) is 21.8. The summed E-state index contributed by atoms with van der Waals surface area (Å²) in [5.41, 5.74) is 11.2. The van der Waals surface area contributed by atoms with Gasteiger partial charge in [-0.25, -0.2) is 0 Å². The summed E-state index contributed by atoms with van der Waals surface area (Å²) in [7, 11) is 0. The van der Waals surface area contributed by atoms with Gasteiger partial charge in [0.2, 0.25) is 0 Å². The van der Waals surface area contributed by atoms with E-state index in [1.54, 1.807) is 0 Å². The molecule has 1 heteroatoms. The van der Waals surface area contributed by atoms with Crippen molar-refractivity contribution in [3.63, 3.8) is 0 Å². The van der Waals surface area contributed by atoms with Crippen molar-refractivity contribution in [3.05, 3.63) is 163 Å². The van der Waals surface area contributed by atoms with Gasteiger partial charge in [-0.2, -0.15) is 0 Å². The Bertz CT molecular complexity index is 2190. The minimum atomic E-state index is -0.00964. The van der Waals surface area contributed by atoms with Crippen LogP contribution in [-0.2, 0) is 10.8 Å². The molecule has 0 unspecified atom stereocenters. The Balaban J connectivity index is 1.32. The molecule has 0 N–H and O–H groups in total. The number of nitrogens with zero attached hydrogens (tertiary/aromatic N) is 1. The lowest BCUT2D eigenvalue weighted by atomic mass is 9.56. The van der Waals surface area contributed by atoms with Gasteiger partial charge in [0.25, 0.3) is 0 Å². The molecule has 0 bridgehead atoms. The molecule has 1 aliphatic carbocycles. The maximum Gasteiger partial charge on any atom is 0.0467 e. The van der Waals surface area contributed by atoms with E-state index in [9.17, 15) is 0 Å². The third kappa shape index (κ3) is 4.22. The fourth-order valence-electron chi connectivity index (χ4n) is 7.47. The molecule has 0 amide bonds. The van der Waals surface area contributed by atoms with Crippen LogP contribution in [0.4, 0.5) is 17.1 Å². The van der Waals surface area contributed by atoms with Crippen molar-refractivity contribution in [2.24, 2.45) is 0 Å². The zero-order chi connectivity index (χ0) is 30.8. The lowest BCUT2D eigenvalue weighted by Gasteiger charge is -2.47. The Labute approximate surface area is 266 Å². The molecule has 8 rings (SSSR count). The molecule has 0 aliphatic heterocycles. The average Bonchev–Trinajstić information content (AvgIpc) is 3.08. The van der Waals surface area contributed by atoms with Crippen molar-refractivity contribution in [1.29, 1.82) is 0 Å². The molecule has 45 heavy (non-hydrogen) atoms. The van der Waals surface area contributed by atoms with Crippen LogP contribution in [0.2, 0.25) is 0 Å². The predicted molar refractivity (Wildman–Crippen MR) is 193 cm³/mol. The average molecular weight is 580 g/mol. The second kappa shape index (κ2) is 10.2. The molecule has 0 aromatic heterocycles. The van der Waals surface area contributed by atoms with Gasteiger partial charge in [0, 0.05) is 17.1 Å². The van der Waals surface area contributed by atoms with Crippen molar-refractivity contribution in [2.75, 3.05) is 4.90 Å². The zero-order valence-corrected chi connectivity index (χ0v) is 26.4. The highest BCUT2D eigenvalue weighted by molar-refractivity contribution is 6.18. The molecule has 0 spiro atoms. The topological polar surface area (TPSA) is 3.24 Å². The van der Waals surface area contributed by atoms with E-state index >= 15 is 0 Å². The molecule has 7 aromatic carbocycles. The lowest BCUT2D eigenvalue weighted by Crippen LogP contribution is -2.42. The molecule has 0 atom stereocenters. The van der Waals surface area contributed by atoms with Crippen LogP contribution in [-0.4, -0.2) is 0 Å². The third-order valence-electron chi connectivity index (χ3n) is 10.6. The third-order valence-corrected chi connectivity index (χ3v) is 10.6. The van der Waals surface area contributed by atoms with Gasteiger partial charge in [0.15, 0.2) is 0 Å². The Morgan fingerprint density at radius 2 is 0.933 bits per heavy atom. The molecule has 218 valence electrons. The maximum atomic E-state index is 2.42. The number of anilines is 3. The van der Waals surface area contributed by atoms with Gasteiger partial charge in [-0.3, -0.25) is 0 Å². The number of para-hydroxylation sites is 1. The molecule has 1 aliphatic rings. The SMILES string of the molecule is CC1(C)c2cccc3cc(-c4cccc(N(c5ccccc5)c5ccc(-c6ccccc6)cc5)c4)c4cccc(c4c23)C1(C)C. The van der Waals surface area contributed by atoms with Crippen molar-refractivity contribution in [3.8, 4) is 22.3 Å². The van der Waals surface area contributed by atoms with Crippen LogP contribution in [0.15, 0.2) is 152 Å². The molecule has 1 nitrogen and oxygen atoms in total. The number of rotatable bonds is 5. The van der Waals surface area contributed by atoms with E-state index in [1.165, 1.54) is 54.9 Å². The largest absolute Gasteiger partial charge is 0.310 e. The summed E-state index contributed by atoms with van der Waals surface area (Å²) in [6, 6.07) is 55.5. The zero-order valence-electron chi connectivity index (χ0n) is 26.4. The normalized spacial score (nSPS) is 14.6. The minimum Gasteiger partial charge on any atom is -0.310 e. The van der Waals surface area contributed by atoms with Gasteiger partial charge in [0.05, 0.1) is 0 Å². The van der Waals surface area contributed by atoms with E-state index in [0.29, 0.717) is 0 Å². The summed E-state index contributed by atoms with van der Waals surface area (Å²) in [6.07, 6.45) is 0. The molecule has 0 saturated carbocycles. The summed E-state index contributed by atoms with van der Waals surface area (Å²) in [5, 5.41) is 5.46. The standard InChI is InChI=1S/C44H37N/c1-43(2)39-22-12-17-33-29-38(37-21-13-23-40(44(43,3)4)42(37)41(33)39)32-16-11-20-36(28-32)45(34-18-9-6-10-19-34)35-26-24-31(25-27-35)30-14-7-5-8-15-30/h5-29H,1-4H3. The van der Waals surface area contributed by atoms with E-state index < -0.39 is 0 Å². The Morgan fingerprint density at radius 1 is 0.400 bits per heavy atom. The van der Waals surface area contributed by atoms with Crippen LogP contribution in [0.5, 0.6) is 0 Å². The molecule has 0 saturated heterocycles. The van der Waals surface area contributed by atoms with Crippen LogP contribution in [0.1, 0.15) is 38.8 Å². The Kier molecular flexibility index (Phi) is 6.22. The lowest BCUT2D eigenvalue weighted by molar-refractivity contribution is 0.304. The van der Waals surface area contributed by atoms with Crippen LogP contribution in [0.25, 0.3) is 43.8 Å². The summed E-state index contributed by atoms with van der Waals surface area (Å²) < 4.78 is 0. The second-order valence-corrected chi connectivity index (χ2v) is 13.4. The molecular weight excluding hydrogens is 542 g/mol. The highest BCUT2D eigenvalue weighted by Gasteiger charge is 2.44. The van der Waals surface area contributed by atoms with Crippen LogP contribution in [0, 0.1) is 0 Å². The van der Waals surface area contributed by atoms with Gasteiger partial charge in [-0.05, 0) is 108 Å². The molecule has 0 fully saturated rings. The Morgan fingerprint density at radius 3 is 1.64 bits per heavy atom. The predicted octanol–water partition coefficient (Wildman–Crippen LogP) is 12.4. The first kappa shape index (κ1) is 27.4. The first-order valence-electron chi connectivity index (χ1n) is 16.0. The second-order valence-electron chi connectivity index (χ2n) is 13.4. The first-order valence-corrected chi connectivity index (χ1v) is 16.0. The highest BCUT2D eigenvalue weighted by atomic mass is 15.1. The quantitative estimate of drug-likeness (QED) is 0.183. The van der Waals surface area contributed by atoms with Crippen LogP contribution in [0.3, 0.4) is 0 Å².